The van der Waals surface area contributed by atoms with E-state index in [0.717, 1.165) is 4.34 Å². The van der Waals surface area contributed by atoms with Crippen molar-refractivity contribution in [3.05, 3.63) is 11.6 Å². The average Bonchev–Trinajstić information content (AvgIpc) is 1.86. The van der Waals surface area contributed by atoms with Crippen molar-refractivity contribution in [2.24, 2.45) is 0 Å². The summed E-state index contributed by atoms with van der Waals surface area (Å²) >= 11 is 5.47. The van der Waals surface area contributed by atoms with Crippen molar-refractivity contribution < 1.29 is 0 Å². The number of hydrogen-bond donors (Lipinski definition) is 1. The van der Waals surface area contributed by atoms with E-state index >= 15 is 0 Å². The number of aromatic nitrogens is 1. The third kappa shape index (κ3) is 2.72. The zero-order chi connectivity index (χ0) is 4.41. The fourth-order valence-corrected chi connectivity index (χ4v) is 0.830. The summed E-state index contributed by atoms with van der Waals surface area (Å²) in [4.78, 5) is 3.80. The second-order valence-electron chi connectivity index (χ2n) is 0.815. The Hall–Kier alpha value is 0.980. The number of rotatable bonds is 0. The average molecular weight is 141 g/mol. The van der Waals surface area contributed by atoms with E-state index in [2.05, 4.69) is 17.6 Å². The normalized spacial score (nSPS) is 7.57. The van der Waals surface area contributed by atoms with Crippen molar-refractivity contribution in [3.63, 3.8) is 0 Å². The Kier molecular flexibility index (Phi) is 4.47. The Morgan fingerprint density at radius 1 is 1.71 bits per heavy atom. The van der Waals surface area contributed by atoms with Crippen molar-refractivity contribution >= 4 is 53.5 Å². The minimum absolute atomic E-state index is 0. The third-order valence-electron chi connectivity index (χ3n) is 0.419. The first kappa shape index (κ1) is 7.98. The summed E-state index contributed by atoms with van der Waals surface area (Å²) < 4.78 is 0.829. The van der Waals surface area contributed by atoms with Crippen LogP contribution in [0.3, 0.4) is 0 Å². The molecule has 0 saturated heterocycles. The summed E-state index contributed by atoms with van der Waals surface area (Å²) in [6.45, 7) is 0. The molecular formula is C3H4NNaS2. The van der Waals surface area contributed by atoms with Gasteiger partial charge < -0.3 is 0 Å². The molecule has 0 aliphatic rings. The summed E-state index contributed by atoms with van der Waals surface area (Å²) in [7, 11) is 0. The second kappa shape index (κ2) is 3.92. The summed E-state index contributed by atoms with van der Waals surface area (Å²) in [6, 6.07) is 0. The Morgan fingerprint density at radius 2 is 2.43 bits per heavy atom. The molecule has 34 valence electrons. The molecule has 1 aromatic heterocycles. The molecule has 1 aromatic rings. The van der Waals surface area contributed by atoms with Gasteiger partial charge in [-0.1, -0.05) is 0 Å². The number of thiol groups is 1. The second-order valence-corrected chi connectivity index (χ2v) is 2.44. The van der Waals surface area contributed by atoms with Crippen molar-refractivity contribution in [2.45, 2.75) is 4.34 Å². The van der Waals surface area contributed by atoms with Crippen molar-refractivity contribution in [1.29, 1.82) is 0 Å². The fraction of sp³-hybridized carbons (Fsp3) is 0. The Bertz CT molecular complexity index is 116. The molecule has 7 heavy (non-hydrogen) atoms. The zero-order valence-corrected chi connectivity index (χ0v) is 4.67. The minimum atomic E-state index is 0. The summed E-state index contributed by atoms with van der Waals surface area (Å²) in [6.07, 6.45) is 1.73. The van der Waals surface area contributed by atoms with Crippen LogP contribution in [0.25, 0.3) is 0 Å². The van der Waals surface area contributed by atoms with E-state index in [9.17, 15) is 0 Å². The monoisotopic (exact) mass is 141 g/mol. The van der Waals surface area contributed by atoms with Crippen LogP contribution in [0.1, 0.15) is 0 Å². The van der Waals surface area contributed by atoms with E-state index < -0.39 is 0 Å². The standard InChI is InChI=1S/C3H3NS2.Na.H/c5-3-4-1-2-6-3;;/h1-2H,(H,4,5);;. The van der Waals surface area contributed by atoms with Crippen molar-refractivity contribution in [3.8, 4) is 0 Å². The van der Waals surface area contributed by atoms with Gasteiger partial charge >= 0.3 is 29.6 Å². The van der Waals surface area contributed by atoms with Crippen LogP contribution >= 0.6 is 24.0 Å². The molecule has 0 radical (unpaired) electrons. The molecule has 1 nitrogen and oxygen atoms in total. The quantitative estimate of drug-likeness (QED) is 0.416. The number of thiazole rings is 1. The molecule has 0 unspecified atom stereocenters. The van der Waals surface area contributed by atoms with Gasteiger partial charge in [0.05, 0.1) is 0 Å². The van der Waals surface area contributed by atoms with Crippen molar-refractivity contribution in [2.75, 3.05) is 0 Å². The Balaban J connectivity index is 0.000000360. The fourth-order valence-electron chi connectivity index (χ4n) is 0.216. The molecular weight excluding hydrogens is 137 g/mol. The topological polar surface area (TPSA) is 12.9 Å². The van der Waals surface area contributed by atoms with Gasteiger partial charge in [0.25, 0.3) is 0 Å². The van der Waals surface area contributed by atoms with E-state index in [1.54, 1.807) is 6.20 Å². The zero-order valence-electron chi connectivity index (χ0n) is 2.96. The molecule has 0 amide bonds. The molecule has 0 N–H and O–H groups in total. The Labute approximate surface area is 73.9 Å². The van der Waals surface area contributed by atoms with Gasteiger partial charge in [-0.2, -0.15) is 0 Å². The van der Waals surface area contributed by atoms with E-state index in [4.69, 9.17) is 0 Å². The molecule has 0 spiro atoms. The van der Waals surface area contributed by atoms with Gasteiger partial charge in [-0.15, -0.1) is 24.0 Å². The molecule has 1 heterocycles. The van der Waals surface area contributed by atoms with E-state index in [1.165, 1.54) is 11.3 Å². The van der Waals surface area contributed by atoms with Crippen LogP contribution in [0.2, 0.25) is 0 Å². The van der Waals surface area contributed by atoms with Gasteiger partial charge in [0.15, 0.2) is 0 Å². The van der Waals surface area contributed by atoms with Crippen LogP contribution in [0.4, 0.5) is 0 Å². The van der Waals surface area contributed by atoms with Gasteiger partial charge in [0, 0.05) is 11.6 Å². The maximum atomic E-state index is 3.94. The SMILES string of the molecule is Sc1nccs1.[NaH]. The van der Waals surface area contributed by atoms with E-state index in [1.807, 2.05) is 5.38 Å². The third-order valence-corrected chi connectivity index (χ3v) is 1.43. The number of hydrogen-bond acceptors (Lipinski definition) is 3. The first-order valence-corrected chi connectivity index (χ1v) is 2.81. The van der Waals surface area contributed by atoms with Crippen molar-refractivity contribution in [1.82, 2.24) is 4.98 Å². The molecule has 1 rings (SSSR count). The molecule has 0 aromatic carbocycles. The summed E-state index contributed by atoms with van der Waals surface area (Å²) in [5.41, 5.74) is 0. The predicted molar refractivity (Wildman–Crippen MR) is 36.5 cm³/mol. The van der Waals surface area contributed by atoms with E-state index in [-0.39, 0.29) is 29.6 Å². The molecule has 0 saturated carbocycles. The van der Waals surface area contributed by atoms with Gasteiger partial charge in [-0.05, 0) is 0 Å². The molecule has 0 atom stereocenters. The molecule has 0 aliphatic heterocycles. The predicted octanol–water partition coefficient (Wildman–Crippen LogP) is 0.783. The van der Waals surface area contributed by atoms with Crippen LogP contribution in [-0.2, 0) is 0 Å². The number of nitrogens with zero attached hydrogens (tertiary/aromatic N) is 1. The Morgan fingerprint density at radius 3 is 2.57 bits per heavy atom. The van der Waals surface area contributed by atoms with Crippen LogP contribution in [0.15, 0.2) is 15.9 Å². The van der Waals surface area contributed by atoms with Gasteiger partial charge in [-0.25, -0.2) is 4.98 Å². The first-order valence-electron chi connectivity index (χ1n) is 1.48. The summed E-state index contributed by atoms with van der Waals surface area (Å²) in [5, 5.41) is 1.89. The van der Waals surface area contributed by atoms with Crippen LogP contribution in [0, 0.1) is 0 Å². The molecule has 0 aliphatic carbocycles. The van der Waals surface area contributed by atoms with Gasteiger partial charge in [0.2, 0.25) is 0 Å². The van der Waals surface area contributed by atoms with Crippen LogP contribution in [0.5, 0.6) is 0 Å². The molecule has 0 bridgehead atoms. The van der Waals surface area contributed by atoms with Crippen LogP contribution in [-0.4, -0.2) is 34.5 Å². The van der Waals surface area contributed by atoms with Gasteiger partial charge in [0.1, 0.15) is 4.34 Å². The molecule has 4 heteroatoms. The van der Waals surface area contributed by atoms with E-state index in [0.29, 0.717) is 0 Å². The summed E-state index contributed by atoms with van der Waals surface area (Å²) in [5.74, 6) is 0. The maximum absolute atomic E-state index is 3.94. The first-order chi connectivity index (χ1) is 2.89. The molecule has 0 fully saturated rings. The van der Waals surface area contributed by atoms with Gasteiger partial charge in [-0.3, -0.25) is 0 Å². The van der Waals surface area contributed by atoms with Crippen LogP contribution < -0.4 is 0 Å².